The largest absolute Gasteiger partial charge is 0.456 e. The fourth-order valence-corrected chi connectivity index (χ4v) is 10.1. The lowest BCUT2D eigenvalue weighted by Gasteiger charge is -2.34. The van der Waals surface area contributed by atoms with Crippen LogP contribution in [0.25, 0.3) is 21.9 Å². The van der Waals surface area contributed by atoms with Gasteiger partial charge in [-0.05, 0) is 38.9 Å². The van der Waals surface area contributed by atoms with E-state index in [0.717, 1.165) is 27.0 Å². The van der Waals surface area contributed by atoms with Crippen LogP contribution in [0.15, 0.2) is 132 Å². The Balaban J connectivity index is 1.77. The number of halogens is 1. The van der Waals surface area contributed by atoms with Crippen LogP contribution in [0.2, 0.25) is 5.02 Å². The van der Waals surface area contributed by atoms with Gasteiger partial charge in [-0.3, -0.25) is 0 Å². The van der Waals surface area contributed by atoms with Crippen molar-refractivity contribution in [2.45, 2.75) is 0 Å². The third-order valence-electron chi connectivity index (χ3n) is 6.50. The molecule has 158 valence electrons. The summed E-state index contributed by atoms with van der Waals surface area (Å²) in [6.07, 6.45) is 0. The van der Waals surface area contributed by atoms with Gasteiger partial charge in [0.15, 0.2) is 8.07 Å². The normalized spacial score (nSPS) is 11.8. The van der Waals surface area contributed by atoms with Crippen LogP contribution in [0.3, 0.4) is 0 Å². The molecule has 0 amide bonds. The highest BCUT2D eigenvalue weighted by Gasteiger charge is 2.41. The smallest absolute Gasteiger partial charge is 0.179 e. The van der Waals surface area contributed by atoms with E-state index in [0.29, 0.717) is 0 Å². The first-order chi connectivity index (χ1) is 16.3. The Morgan fingerprint density at radius 1 is 0.485 bits per heavy atom. The van der Waals surface area contributed by atoms with Crippen LogP contribution in [-0.2, 0) is 0 Å². The molecule has 0 aliphatic rings. The van der Waals surface area contributed by atoms with Crippen LogP contribution in [0.4, 0.5) is 0 Å². The summed E-state index contributed by atoms with van der Waals surface area (Å²) in [4.78, 5) is 0. The van der Waals surface area contributed by atoms with Crippen molar-refractivity contribution in [3.8, 4) is 0 Å². The highest BCUT2D eigenvalue weighted by Crippen LogP contribution is 2.33. The standard InChI is InChI=1S/C30H21ClOSi/c31-27-17-10-18-29-30(27)26-21-25(19-20-28(26)32-29)33(22-11-4-1-5-12-22,23-13-6-2-7-14-23)24-15-8-3-9-16-24/h1-21H. The minimum atomic E-state index is -2.58. The molecule has 0 saturated heterocycles. The van der Waals surface area contributed by atoms with E-state index in [1.54, 1.807) is 0 Å². The molecule has 5 aromatic carbocycles. The summed E-state index contributed by atoms with van der Waals surface area (Å²) in [5.74, 6) is 0. The molecule has 33 heavy (non-hydrogen) atoms. The van der Waals surface area contributed by atoms with Gasteiger partial charge in [0.05, 0.1) is 5.02 Å². The maximum Gasteiger partial charge on any atom is 0.179 e. The van der Waals surface area contributed by atoms with E-state index in [1.807, 2.05) is 18.2 Å². The van der Waals surface area contributed by atoms with Gasteiger partial charge in [-0.25, -0.2) is 0 Å². The average molecular weight is 461 g/mol. The van der Waals surface area contributed by atoms with Gasteiger partial charge in [-0.15, -0.1) is 0 Å². The van der Waals surface area contributed by atoms with Gasteiger partial charge in [0.25, 0.3) is 0 Å². The summed E-state index contributed by atoms with van der Waals surface area (Å²) < 4.78 is 6.15. The van der Waals surface area contributed by atoms with Gasteiger partial charge in [0.2, 0.25) is 0 Å². The van der Waals surface area contributed by atoms with E-state index >= 15 is 0 Å². The van der Waals surface area contributed by atoms with Crippen LogP contribution in [0.5, 0.6) is 0 Å². The Kier molecular flexibility index (Phi) is 4.90. The molecule has 1 nitrogen and oxygen atoms in total. The van der Waals surface area contributed by atoms with E-state index in [4.69, 9.17) is 16.0 Å². The number of fused-ring (bicyclic) bond motifs is 3. The summed E-state index contributed by atoms with van der Waals surface area (Å²) in [6.45, 7) is 0. The molecule has 3 heteroatoms. The van der Waals surface area contributed by atoms with Gasteiger partial charge in [-0.1, -0.05) is 121 Å². The molecule has 0 spiro atoms. The fourth-order valence-electron chi connectivity index (χ4n) is 5.08. The molecule has 1 heterocycles. The number of rotatable bonds is 4. The molecule has 6 aromatic rings. The van der Waals surface area contributed by atoms with Crippen molar-refractivity contribution in [3.63, 3.8) is 0 Å². The van der Waals surface area contributed by atoms with Crippen molar-refractivity contribution in [3.05, 3.63) is 132 Å². The van der Waals surface area contributed by atoms with Crippen LogP contribution in [0.1, 0.15) is 0 Å². The molecule has 0 atom stereocenters. The van der Waals surface area contributed by atoms with Crippen molar-refractivity contribution in [1.29, 1.82) is 0 Å². The minimum Gasteiger partial charge on any atom is -0.456 e. The molecule has 6 rings (SSSR count). The van der Waals surface area contributed by atoms with Gasteiger partial charge < -0.3 is 4.42 Å². The monoisotopic (exact) mass is 460 g/mol. The Morgan fingerprint density at radius 3 is 1.58 bits per heavy atom. The summed E-state index contributed by atoms with van der Waals surface area (Å²) in [5.41, 5.74) is 1.68. The molecular formula is C30H21ClOSi. The first kappa shape index (κ1) is 20.0. The van der Waals surface area contributed by atoms with E-state index in [1.165, 1.54) is 20.7 Å². The van der Waals surface area contributed by atoms with Crippen LogP contribution in [0, 0.1) is 0 Å². The number of hydrogen-bond donors (Lipinski definition) is 0. The molecule has 0 unspecified atom stereocenters. The molecule has 0 fully saturated rings. The Labute approximate surface area is 198 Å². The number of benzene rings is 5. The van der Waals surface area contributed by atoms with E-state index in [2.05, 4.69) is 109 Å². The molecule has 0 aliphatic heterocycles. The highest BCUT2D eigenvalue weighted by molar-refractivity contribution is 7.20. The van der Waals surface area contributed by atoms with Crippen molar-refractivity contribution in [2.75, 3.05) is 0 Å². The lowest BCUT2D eigenvalue weighted by molar-refractivity contribution is 0.669. The Morgan fingerprint density at radius 2 is 1.03 bits per heavy atom. The SMILES string of the molecule is Clc1cccc2oc3ccc([Si](c4ccccc4)(c4ccccc4)c4ccccc4)cc3c12. The molecule has 1 aromatic heterocycles. The zero-order chi connectivity index (χ0) is 22.3. The second-order valence-electron chi connectivity index (χ2n) is 8.27. The number of furan rings is 1. The zero-order valence-electron chi connectivity index (χ0n) is 17.9. The Hall–Kier alpha value is -3.59. The predicted octanol–water partition coefficient (Wildman–Crippen LogP) is 5.62. The summed E-state index contributed by atoms with van der Waals surface area (Å²) in [7, 11) is -2.58. The molecular weight excluding hydrogens is 440 g/mol. The van der Waals surface area contributed by atoms with Crippen molar-refractivity contribution >= 4 is 62.4 Å². The van der Waals surface area contributed by atoms with E-state index < -0.39 is 8.07 Å². The maximum atomic E-state index is 6.65. The van der Waals surface area contributed by atoms with Crippen LogP contribution >= 0.6 is 11.6 Å². The van der Waals surface area contributed by atoms with Gasteiger partial charge in [0, 0.05) is 10.8 Å². The molecule has 0 N–H and O–H groups in total. The van der Waals surface area contributed by atoms with Crippen molar-refractivity contribution in [1.82, 2.24) is 0 Å². The second kappa shape index (κ2) is 8.07. The minimum absolute atomic E-state index is 0.717. The quantitative estimate of drug-likeness (QED) is 0.246. The first-order valence-electron chi connectivity index (χ1n) is 11.1. The lowest BCUT2D eigenvalue weighted by Crippen LogP contribution is -2.74. The highest BCUT2D eigenvalue weighted by atomic mass is 35.5. The predicted molar refractivity (Wildman–Crippen MR) is 142 cm³/mol. The fraction of sp³-hybridized carbons (Fsp3) is 0. The van der Waals surface area contributed by atoms with Crippen LogP contribution in [-0.4, -0.2) is 8.07 Å². The van der Waals surface area contributed by atoms with Crippen LogP contribution < -0.4 is 20.7 Å². The lowest BCUT2D eigenvalue weighted by atomic mass is 10.1. The first-order valence-corrected chi connectivity index (χ1v) is 13.4. The van der Waals surface area contributed by atoms with Crippen molar-refractivity contribution in [2.24, 2.45) is 0 Å². The zero-order valence-corrected chi connectivity index (χ0v) is 19.7. The third kappa shape index (κ3) is 3.14. The third-order valence-corrected chi connectivity index (χ3v) is 11.6. The van der Waals surface area contributed by atoms with E-state index in [9.17, 15) is 0 Å². The second-order valence-corrected chi connectivity index (χ2v) is 12.5. The van der Waals surface area contributed by atoms with Gasteiger partial charge in [0.1, 0.15) is 11.2 Å². The Bertz CT molecular complexity index is 1460. The molecule has 0 aliphatic carbocycles. The summed E-state index contributed by atoms with van der Waals surface area (Å²) >= 11 is 6.65. The van der Waals surface area contributed by atoms with Gasteiger partial charge >= 0.3 is 0 Å². The number of hydrogen-bond acceptors (Lipinski definition) is 1. The molecule has 0 radical (unpaired) electrons. The van der Waals surface area contributed by atoms with Gasteiger partial charge in [-0.2, -0.15) is 0 Å². The topological polar surface area (TPSA) is 13.1 Å². The average Bonchev–Trinajstić information content (AvgIpc) is 3.26. The molecule has 0 bridgehead atoms. The summed E-state index contributed by atoms with van der Waals surface area (Å²) in [5, 5.41) is 8.11. The maximum absolute atomic E-state index is 6.65. The van der Waals surface area contributed by atoms with E-state index in [-0.39, 0.29) is 0 Å². The summed E-state index contributed by atoms with van der Waals surface area (Å²) in [6, 6.07) is 45.3. The molecule has 0 saturated carbocycles. The van der Waals surface area contributed by atoms with Crippen molar-refractivity contribution < 1.29 is 4.42 Å².